The number of ether oxygens (including phenoxy) is 2. The van der Waals surface area contributed by atoms with Crippen LogP contribution in [0.5, 0.6) is 11.5 Å². The van der Waals surface area contributed by atoms with Crippen LogP contribution in [0.15, 0.2) is 18.2 Å². The van der Waals surface area contributed by atoms with Gasteiger partial charge in [-0.05, 0) is 18.2 Å². The Hall–Kier alpha value is -1.91. The van der Waals surface area contributed by atoms with E-state index in [2.05, 4.69) is 4.74 Å². The van der Waals surface area contributed by atoms with Crippen molar-refractivity contribution in [2.75, 3.05) is 13.7 Å². The molecule has 1 aliphatic carbocycles. The number of hydrogen-bond acceptors (Lipinski definition) is 9. The fraction of sp³-hybridized carbons (Fsp3) is 0.533. The fourth-order valence-electron chi connectivity index (χ4n) is 2.68. The summed E-state index contributed by atoms with van der Waals surface area (Å²) in [6.45, 7) is -0.668. The van der Waals surface area contributed by atoms with Gasteiger partial charge in [0.1, 0.15) is 17.6 Å². The number of aliphatic hydroxyl groups is 5. The Kier molecular flexibility index (Phi) is 5.31. The van der Waals surface area contributed by atoms with E-state index in [-0.39, 0.29) is 23.5 Å². The molecule has 5 atom stereocenters. The highest BCUT2D eigenvalue weighted by Gasteiger charge is 2.65. The topological polar surface area (TPSA) is 157 Å². The molecular weight excluding hydrogens is 324 g/mol. The molecule has 1 aliphatic rings. The van der Waals surface area contributed by atoms with Crippen molar-refractivity contribution in [3.8, 4) is 11.5 Å². The number of hydrogen-bond donors (Lipinski definition) is 6. The lowest BCUT2D eigenvalue weighted by Gasteiger charge is -2.53. The largest absolute Gasteiger partial charge is 0.508 e. The maximum absolute atomic E-state index is 11.3. The summed E-state index contributed by atoms with van der Waals surface area (Å²) in [5, 5.41) is 58.4. The number of phenols is 1. The molecule has 9 nitrogen and oxygen atoms in total. The average Bonchev–Trinajstić information content (AvgIpc) is 2.57. The zero-order valence-corrected chi connectivity index (χ0v) is 12.9. The molecule has 0 aliphatic heterocycles. The molecule has 1 aromatic rings. The Bertz CT molecular complexity index is 605. The highest BCUT2D eigenvalue weighted by molar-refractivity contribution is 5.73. The summed E-state index contributed by atoms with van der Waals surface area (Å²) >= 11 is 0. The quantitative estimate of drug-likeness (QED) is 0.251. The Morgan fingerprint density at radius 3 is 2.62 bits per heavy atom. The summed E-state index contributed by atoms with van der Waals surface area (Å²) in [6.07, 6.45) is -5.28. The molecule has 0 bridgehead atoms. The van der Waals surface area contributed by atoms with Gasteiger partial charge in [-0.2, -0.15) is 0 Å². The summed E-state index contributed by atoms with van der Waals surface area (Å²) < 4.78 is 9.64. The van der Waals surface area contributed by atoms with Crippen molar-refractivity contribution in [1.82, 2.24) is 0 Å². The first-order valence-electron chi connectivity index (χ1n) is 7.18. The molecule has 1 fully saturated rings. The smallest absolute Gasteiger partial charge is 0.310 e. The molecule has 24 heavy (non-hydrogen) atoms. The molecule has 1 saturated carbocycles. The van der Waals surface area contributed by atoms with E-state index in [0.29, 0.717) is 0 Å². The van der Waals surface area contributed by atoms with Crippen molar-refractivity contribution >= 4 is 5.97 Å². The Labute approximate surface area is 137 Å². The van der Waals surface area contributed by atoms with E-state index in [0.717, 1.165) is 0 Å². The van der Waals surface area contributed by atoms with E-state index in [1.807, 2.05) is 0 Å². The lowest BCUT2D eigenvalue weighted by atomic mass is 9.64. The van der Waals surface area contributed by atoms with E-state index < -0.39 is 42.6 Å². The molecule has 0 amide bonds. The van der Waals surface area contributed by atoms with Crippen molar-refractivity contribution in [1.29, 1.82) is 0 Å². The second kappa shape index (κ2) is 6.91. The van der Waals surface area contributed by atoms with Crippen LogP contribution in [0.1, 0.15) is 5.56 Å². The maximum Gasteiger partial charge on any atom is 0.310 e. The molecule has 0 radical (unpaired) electrons. The van der Waals surface area contributed by atoms with Crippen LogP contribution < -0.4 is 4.74 Å². The first-order valence-corrected chi connectivity index (χ1v) is 7.18. The van der Waals surface area contributed by atoms with Gasteiger partial charge in [-0.15, -0.1) is 0 Å². The average molecular weight is 344 g/mol. The van der Waals surface area contributed by atoms with E-state index >= 15 is 0 Å². The predicted molar refractivity (Wildman–Crippen MR) is 78.0 cm³/mol. The normalized spacial score (nSPS) is 30.3. The Morgan fingerprint density at radius 2 is 2.04 bits per heavy atom. The van der Waals surface area contributed by atoms with Crippen molar-refractivity contribution in [3.05, 3.63) is 23.8 Å². The number of aliphatic hydroxyl groups excluding tert-OH is 4. The third-order valence-corrected chi connectivity index (χ3v) is 4.26. The second-order valence-electron chi connectivity index (χ2n) is 5.63. The van der Waals surface area contributed by atoms with Crippen molar-refractivity contribution in [2.24, 2.45) is 5.92 Å². The molecule has 0 spiro atoms. The predicted octanol–water partition coefficient (Wildman–Crippen LogP) is -2.12. The fourth-order valence-corrected chi connectivity index (χ4v) is 2.68. The molecule has 0 aromatic heterocycles. The third kappa shape index (κ3) is 3.04. The van der Waals surface area contributed by atoms with Gasteiger partial charge in [-0.25, -0.2) is 0 Å². The van der Waals surface area contributed by atoms with Crippen LogP contribution >= 0.6 is 0 Å². The summed E-state index contributed by atoms with van der Waals surface area (Å²) in [5.41, 5.74) is -2.08. The van der Waals surface area contributed by atoms with Gasteiger partial charge in [0, 0.05) is 11.5 Å². The van der Waals surface area contributed by atoms with E-state index in [4.69, 9.17) is 9.84 Å². The van der Waals surface area contributed by atoms with Crippen LogP contribution in [0.2, 0.25) is 0 Å². The number of methoxy groups -OCH3 is 1. The minimum atomic E-state index is -2.26. The molecule has 9 heteroatoms. The molecule has 134 valence electrons. The van der Waals surface area contributed by atoms with Gasteiger partial charge >= 0.3 is 5.97 Å². The number of esters is 1. The minimum absolute atomic E-state index is 0.00194. The number of carbonyl (C=O) groups excluding carboxylic acids is 1. The zero-order valence-electron chi connectivity index (χ0n) is 12.9. The highest BCUT2D eigenvalue weighted by atomic mass is 16.6. The number of benzene rings is 1. The van der Waals surface area contributed by atoms with E-state index in [1.165, 1.54) is 25.3 Å². The molecule has 2 rings (SSSR count). The van der Waals surface area contributed by atoms with Gasteiger partial charge in [0.25, 0.3) is 0 Å². The second-order valence-corrected chi connectivity index (χ2v) is 5.63. The minimum Gasteiger partial charge on any atom is -0.508 e. The van der Waals surface area contributed by atoms with E-state index in [1.54, 1.807) is 0 Å². The number of phenolic OH excluding ortho intramolecular Hbond substituents is 1. The van der Waals surface area contributed by atoms with Gasteiger partial charge < -0.3 is 40.1 Å². The number of aromatic hydroxyl groups is 1. The third-order valence-electron chi connectivity index (χ3n) is 4.26. The van der Waals surface area contributed by atoms with Gasteiger partial charge in [-0.1, -0.05) is 0 Å². The van der Waals surface area contributed by atoms with Crippen LogP contribution in [0.25, 0.3) is 0 Å². The summed E-state index contributed by atoms with van der Waals surface area (Å²) in [5.74, 6) is -1.97. The molecule has 1 aromatic carbocycles. The maximum atomic E-state index is 11.3. The molecular formula is C15H20O9. The SMILES string of the molecule is COC(=O)Cc1cc(OC(O)C2(O)C(O)C(O)C2CO)ccc1O. The van der Waals surface area contributed by atoms with Gasteiger partial charge in [0.2, 0.25) is 6.29 Å². The van der Waals surface area contributed by atoms with Crippen LogP contribution in [0, 0.1) is 5.92 Å². The first-order chi connectivity index (χ1) is 11.2. The lowest BCUT2D eigenvalue weighted by Crippen LogP contribution is -2.76. The first kappa shape index (κ1) is 18.4. The summed E-state index contributed by atoms with van der Waals surface area (Å²) in [6, 6.07) is 3.76. The summed E-state index contributed by atoms with van der Waals surface area (Å²) in [7, 11) is 1.19. The molecule has 6 N–H and O–H groups in total. The lowest BCUT2D eigenvalue weighted by molar-refractivity contribution is -0.332. The zero-order chi connectivity index (χ0) is 18.1. The van der Waals surface area contributed by atoms with Crippen LogP contribution in [0.3, 0.4) is 0 Å². The summed E-state index contributed by atoms with van der Waals surface area (Å²) in [4.78, 5) is 11.3. The Balaban J connectivity index is 2.16. The van der Waals surface area contributed by atoms with Crippen LogP contribution in [0.4, 0.5) is 0 Å². The number of rotatable bonds is 6. The van der Waals surface area contributed by atoms with Crippen molar-refractivity contribution < 1.29 is 44.9 Å². The van der Waals surface area contributed by atoms with Crippen LogP contribution in [-0.2, 0) is 16.0 Å². The van der Waals surface area contributed by atoms with Gasteiger partial charge in [0.05, 0.1) is 26.2 Å². The Morgan fingerprint density at radius 1 is 1.38 bits per heavy atom. The van der Waals surface area contributed by atoms with Gasteiger partial charge in [0.15, 0.2) is 5.60 Å². The highest BCUT2D eigenvalue weighted by Crippen LogP contribution is 2.42. The standard InChI is InChI=1S/C15H20O9/c1-23-11(18)5-7-4-8(2-3-10(7)17)24-14(21)15(22)9(6-16)12(19)13(15)20/h2-4,9,12-14,16-17,19-22H,5-6H2,1H3. The molecule has 0 heterocycles. The van der Waals surface area contributed by atoms with Gasteiger partial charge in [-0.3, -0.25) is 4.79 Å². The monoisotopic (exact) mass is 344 g/mol. The van der Waals surface area contributed by atoms with Crippen molar-refractivity contribution in [3.63, 3.8) is 0 Å². The molecule has 0 saturated heterocycles. The van der Waals surface area contributed by atoms with Crippen LogP contribution in [-0.4, -0.2) is 74.4 Å². The number of carbonyl (C=O) groups is 1. The van der Waals surface area contributed by atoms with E-state index in [9.17, 15) is 30.3 Å². The van der Waals surface area contributed by atoms with Crippen molar-refractivity contribution in [2.45, 2.75) is 30.5 Å². The molecule has 5 unspecified atom stereocenters.